The van der Waals surface area contributed by atoms with Crippen LogP contribution in [0.4, 0.5) is 0 Å². The van der Waals surface area contributed by atoms with Crippen molar-refractivity contribution in [2.75, 3.05) is 0 Å². The number of benzene rings is 2. The number of nitrogens with zero attached hydrogens (tertiary/aromatic N) is 1. The second-order valence-electron chi connectivity index (χ2n) is 7.23. The van der Waals surface area contributed by atoms with Gasteiger partial charge in [0.05, 0.1) is 14.6 Å². The fourth-order valence-corrected chi connectivity index (χ4v) is 4.01. The highest BCUT2D eigenvalue weighted by atomic mass is 28.3. The van der Waals surface area contributed by atoms with Crippen molar-refractivity contribution >= 4 is 19.6 Å². The molecule has 0 saturated heterocycles. The molecule has 0 spiro atoms. The van der Waals surface area contributed by atoms with Gasteiger partial charge in [-0.15, -0.1) is 0 Å². The first-order valence-electron chi connectivity index (χ1n) is 8.30. The van der Waals surface area contributed by atoms with Crippen LogP contribution in [0, 0.1) is 0 Å². The van der Waals surface area contributed by atoms with E-state index >= 15 is 0 Å². The first-order chi connectivity index (χ1) is 11.4. The smallest absolute Gasteiger partial charge is 0.251 e. The highest BCUT2D eigenvalue weighted by Crippen LogP contribution is 2.34. The summed E-state index contributed by atoms with van der Waals surface area (Å²) >= 11 is 0. The van der Waals surface area contributed by atoms with Crippen molar-refractivity contribution in [3.05, 3.63) is 89.3 Å². The lowest BCUT2D eigenvalue weighted by atomic mass is 10.0. The van der Waals surface area contributed by atoms with Gasteiger partial charge in [-0.2, -0.15) is 0 Å². The van der Waals surface area contributed by atoms with Crippen molar-refractivity contribution in [2.45, 2.75) is 26.2 Å². The molecule has 1 amide bonds. The van der Waals surface area contributed by atoms with Gasteiger partial charge in [-0.3, -0.25) is 4.79 Å². The first-order valence-corrected chi connectivity index (χ1v) is 11.9. The number of amides is 1. The lowest BCUT2D eigenvalue weighted by molar-refractivity contribution is -0.123. The van der Waals surface area contributed by atoms with E-state index < -0.39 is 8.07 Å². The van der Waals surface area contributed by atoms with Crippen LogP contribution >= 0.6 is 0 Å². The summed E-state index contributed by atoms with van der Waals surface area (Å²) in [4.78, 5) is 14.6. The molecule has 2 aromatic carbocycles. The summed E-state index contributed by atoms with van der Waals surface area (Å²) in [6.07, 6.45) is 1.78. The standard InChI is InChI=1S/C21H23NOSi/c1-24(2,3)16-20-19(18-12-8-5-9-13-18)14-21(23)22(20)15-17-10-6-4-7-11-17/h4-14,16H,15H2,1-3H3/b20-16+. The van der Waals surface area contributed by atoms with Gasteiger partial charge in [0.1, 0.15) is 0 Å². The second-order valence-corrected chi connectivity index (χ2v) is 12.3. The van der Waals surface area contributed by atoms with Crippen LogP contribution in [0.1, 0.15) is 11.1 Å². The summed E-state index contributed by atoms with van der Waals surface area (Å²) in [7, 11) is -1.48. The number of carbonyl (C=O) groups excluding carboxylic acids is 1. The van der Waals surface area contributed by atoms with Gasteiger partial charge in [0.25, 0.3) is 5.91 Å². The van der Waals surface area contributed by atoms with E-state index in [-0.39, 0.29) is 5.91 Å². The predicted octanol–water partition coefficient (Wildman–Crippen LogP) is 4.87. The van der Waals surface area contributed by atoms with Crippen LogP contribution in [0.15, 0.2) is 78.1 Å². The average Bonchev–Trinajstić information content (AvgIpc) is 2.84. The Bertz CT molecular complexity index is 786. The van der Waals surface area contributed by atoms with Crippen LogP contribution < -0.4 is 0 Å². The fraction of sp³-hybridized carbons (Fsp3) is 0.190. The Kier molecular flexibility index (Phi) is 4.54. The zero-order chi connectivity index (χ0) is 17.2. The third-order valence-corrected chi connectivity index (χ3v) is 5.08. The van der Waals surface area contributed by atoms with Crippen molar-refractivity contribution in [3.8, 4) is 0 Å². The summed E-state index contributed by atoms with van der Waals surface area (Å²) in [5, 5.41) is 0. The highest BCUT2D eigenvalue weighted by molar-refractivity contribution is 6.81. The van der Waals surface area contributed by atoms with Crippen molar-refractivity contribution in [2.24, 2.45) is 0 Å². The Balaban J connectivity index is 2.01. The highest BCUT2D eigenvalue weighted by Gasteiger charge is 2.29. The van der Waals surface area contributed by atoms with E-state index in [2.05, 4.69) is 49.6 Å². The molecule has 122 valence electrons. The van der Waals surface area contributed by atoms with E-state index in [1.165, 1.54) is 0 Å². The molecule has 3 heteroatoms. The lowest BCUT2D eigenvalue weighted by Crippen LogP contribution is -2.27. The minimum absolute atomic E-state index is 0.0715. The van der Waals surface area contributed by atoms with Gasteiger partial charge in [-0.1, -0.05) is 86.0 Å². The van der Waals surface area contributed by atoms with Gasteiger partial charge in [-0.05, 0) is 11.1 Å². The topological polar surface area (TPSA) is 20.3 Å². The van der Waals surface area contributed by atoms with Crippen LogP contribution in [-0.2, 0) is 11.3 Å². The number of carbonyl (C=O) groups is 1. The Labute approximate surface area is 145 Å². The molecule has 1 aliphatic rings. The molecule has 1 heterocycles. The monoisotopic (exact) mass is 333 g/mol. The van der Waals surface area contributed by atoms with Crippen molar-refractivity contribution < 1.29 is 4.79 Å². The van der Waals surface area contributed by atoms with E-state index in [4.69, 9.17) is 0 Å². The van der Waals surface area contributed by atoms with Crippen LogP contribution in [0.2, 0.25) is 19.6 Å². The van der Waals surface area contributed by atoms with Crippen molar-refractivity contribution in [1.82, 2.24) is 4.90 Å². The van der Waals surface area contributed by atoms with Gasteiger partial charge < -0.3 is 4.90 Å². The van der Waals surface area contributed by atoms with Gasteiger partial charge in [0.2, 0.25) is 0 Å². The zero-order valence-corrected chi connectivity index (χ0v) is 15.5. The molecule has 3 rings (SSSR count). The van der Waals surface area contributed by atoms with Crippen LogP contribution in [-0.4, -0.2) is 18.9 Å². The number of hydrogen-bond donors (Lipinski definition) is 0. The Morgan fingerprint density at radius 1 is 0.917 bits per heavy atom. The van der Waals surface area contributed by atoms with Gasteiger partial charge in [0, 0.05) is 17.3 Å². The summed E-state index contributed by atoms with van der Waals surface area (Å²) < 4.78 is 0. The third kappa shape index (κ3) is 3.74. The molecule has 2 aromatic rings. The summed E-state index contributed by atoms with van der Waals surface area (Å²) in [6.45, 7) is 7.51. The van der Waals surface area contributed by atoms with E-state index in [1.807, 2.05) is 41.3 Å². The van der Waals surface area contributed by atoms with Gasteiger partial charge >= 0.3 is 0 Å². The minimum atomic E-state index is -1.48. The summed E-state index contributed by atoms with van der Waals surface area (Å²) in [6, 6.07) is 20.4. The third-order valence-electron chi connectivity index (χ3n) is 3.94. The molecule has 0 atom stereocenters. The Hall–Kier alpha value is -2.39. The Morgan fingerprint density at radius 3 is 2.08 bits per heavy atom. The molecular formula is C21H23NOSi. The van der Waals surface area contributed by atoms with E-state index in [9.17, 15) is 4.79 Å². The van der Waals surface area contributed by atoms with Gasteiger partial charge in [0.15, 0.2) is 0 Å². The van der Waals surface area contributed by atoms with Crippen molar-refractivity contribution in [3.63, 3.8) is 0 Å². The predicted molar refractivity (Wildman–Crippen MR) is 103 cm³/mol. The molecule has 0 radical (unpaired) electrons. The number of allylic oxidation sites excluding steroid dienone is 1. The Morgan fingerprint density at radius 2 is 1.50 bits per heavy atom. The second kappa shape index (κ2) is 6.61. The lowest BCUT2D eigenvalue weighted by Gasteiger charge is -2.23. The molecule has 0 aliphatic carbocycles. The maximum atomic E-state index is 12.7. The molecule has 0 N–H and O–H groups in total. The van der Waals surface area contributed by atoms with E-state index in [0.29, 0.717) is 6.54 Å². The maximum absolute atomic E-state index is 12.7. The van der Waals surface area contributed by atoms with E-state index in [0.717, 1.165) is 22.4 Å². The molecule has 24 heavy (non-hydrogen) atoms. The quantitative estimate of drug-likeness (QED) is 0.731. The summed E-state index contributed by atoms with van der Waals surface area (Å²) in [5.41, 5.74) is 6.69. The van der Waals surface area contributed by atoms with Crippen LogP contribution in [0.25, 0.3) is 5.57 Å². The van der Waals surface area contributed by atoms with Crippen LogP contribution in [0.5, 0.6) is 0 Å². The molecule has 0 fully saturated rings. The SMILES string of the molecule is C[Si](C)(C)/C=C1\C(c2ccccc2)=CC(=O)N1Cc1ccccc1. The van der Waals surface area contributed by atoms with Crippen molar-refractivity contribution in [1.29, 1.82) is 0 Å². The molecule has 2 nitrogen and oxygen atoms in total. The maximum Gasteiger partial charge on any atom is 0.251 e. The number of rotatable bonds is 4. The molecule has 1 aliphatic heterocycles. The van der Waals surface area contributed by atoms with Crippen LogP contribution in [0.3, 0.4) is 0 Å². The average molecular weight is 334 g/mol. The zero-order valence-electron chi connectivity index (χ0n) is 14.5. The molecule has 0 saturated carbocycles. The van der Waals surface area contributed by atoms with Gasteiger partial charge in [-0.25, -0.2) is 0 Å². The normalized spacial score (nSPS) is 16.6. The summed E-state index contributed by atoms with van der Waals surface area (Å²) in [5.74, 6) is 0.0715. The molecule has 0 bridgehead atoms. The fourth-order valence-electron chi connectivity index (χ4n) is 2.88. The minimum Gasteiger partial charge on any atom is -0.305 e. The largest absolute Gasteiger partial charge is 0.305 e. The molecule has 0 unspecified atom stereocenters. The first kappa shape index (κ1) is 16.5. The number of hydrogen-bond acceptors (Lipinski definition) is 1. The molecular weight excluding hydrogens is 310 g/mol. The molecule has 0 aromatic heterocycles. The van der Waals surface area contributed by atoms with E-state index in [1.54, 1.807) is 6.08 Å².